The maximum atomic E-state index is 11.3. The lowest BCUT2D eigenvalue weighted by atomic mass is 10.3. The van der Waals surface area contributed by atoms with Crippen LogP contribution in [0.5, 0.6) is 0 Å². The zero-order valence-electron chi connectivity index (χ0n) is 10.2. The molecule has 0 radical (unpaired) electrons. The molecule has 96 valence electrons. The third-order valence-electron chi connectivity index (χ3n) is 2.55. The summed E-state index contributed by atoms with van der Waals surface area (Å²) in [6, 6.07) is 0. The number of hydrogen-bond acceptors (Lipinski definition) is 5. The second-order valence-corrected chi connectivity index (χ2v) is 3.66. The van der Waals surface area contributed by atoms with Crippen LogP contribution in [0.2, 0.25) is 0 Å². The van der Waals surface area contributed by atoms with Crippen molar-refractivity contribution in [2.75, 3.05) is 31.5 Å². The lowest BCUT2D eigenvalue weighted by Crippen LogP contribution is -2.29. The summed E-state index contributed by atoms with van der Waals surface area (Å²) in [5.74, 6) is 0.157. The molecule has 1 heterocycles. The van der Waals surface area contributed by atoms with Crippen LogP contribution in [0.1, 0.15) is 20.3 Å². The molecule has 0 aliphatic carbocycles. The largest absolute Gasteiger partial charge is 0.364 e. The second-order valence-electron chi connectivity index (χ2n) is 3.66. The smallest absolute Gasteiger partial charge is 0.342 e. The number of nitrogens with zero attached hydrogens (tertiary/aromatic N) is 2. The summed E-state index contributed by atoms with van der Waals surface area (Å²) in [6.45, 7) is 7.90. The average molecular weight is 241 g/mol. The molecule has 7 heteroatoms. The van der Waals surface area contributed by atoms with Crippen molar-refractivity contribution in [1.82, 2.24) is 20.1 Å². The molecule has 1 aromatic rings. The van der Waals surface area contributed by atoms with Gasteiger partial charge in [0.1, 0.15) is 0 Å². The number of aromatic amines is 2. The maximum Gasteiger partial charge on any atom is 0.342 e. The van der Waals surface area contributed by atoms with Crippen molar-refractivity contribution in [1.29, 1.82) is 0 Å². The summed E-state index contributed by atoms with van der Waals surface area (Å²) in [7, 11) is 0. The fourth-order valence-corrected chi connectivity index (χ4v) is 1.52. The van der Waals surface area contributed by atoms with Gasteiger partial charge in [-0.3, -0.25) is 9.78 Å². The minimum atomic E-state index is -0.594. The van der Waals surface area contributed by atoms with Crippen molar-refractivity contribution in [3.05, 3.63) is 20.8 Å². The molecule has 0 amide bonds. The molecule has 0 aliphatic rings. The third-order valence-corrected chi connectivity index (χ3v) is 2.55. The van der Waals surface area contributed by atoms with Crippen LogP contribution < -0.4 is 16.6 Å². The number of aromatic nitrogens is 3. The Bertz CT molecular complexity index is 435. The highest BCUT2D eigenvalue weighted by Crippen LogP contribution is 1.92. The van der Waals surface area contributed by atoms with Gasteiger partial charge in [-0.1, -0.05) is 13.8 Å². The fourth-order valence-electron chi connectivity index (χ4n) is 1.52. The van der Waals surface area contributed by atoms with E-state index >= 15 is 0 Å². The first kappa shape index (κ1) is 13.4. The van der Waals surface area contributed by atoms with Gasteiger partial charge in [0, 0.05) is 6.54 Å². The van der Waals surface area contributed by atoms with Crippen LogP contribution in [0.3, 0.4) is 0 Å². The summed E-state index contributed by atoms with van der Waals surface area (Å²) < 4.78 is 0. The van der Waals surface area contributed by atoms with Gasteiger partial charge >= 0.3 is 5.69 Å². The SMILES string of the molecule is CCN(CC)CCCNc1n[nH]c(=O)[nH]c1=O. The first-order valence-corrected chi connectivity index (χ1v) is 5.82. The van der Waals surface area contributed by atoms with E-state index in [1.54, 1.807) is 0 Å². The van der Waals surface area contributed by atoms with Gasteiger partial charge in [0.05, 0.1) is 0 Å². The molecule has 0 atom stereocenters. The van der Waals surface area contributed by atoms with Crippen LogP contribution in [0.25, 0.3) is 0 Å². The van der Waals surface area contributed by atoms with Gasteiger partial charge in [-0.05, 0) is 26.1 Å². The van der Waals surface area contributed by atoms with Gasteiger partial charge in [0.2, 0.25) is 5.82 Å². The van der Waals surface area contributed by atoms with Gasteiger partial charge in [-0.25, -0.2) is 9.89 Å². The van der Waals surface area contributed by atoms with E-state index in [1.807, 2.05) is 0 Å². The second kappa shape index (κ2) is 6.85. The first-order valence-electron chi connectivity index (χ1n) is 5.82. The molecule has 0 bridgehead atoms. The highest BCUT2D eigenvalue weighted by molar-refractivity contribution is 5.28. The topological polar surface area (TPSA) is 93.9 Å². The molecule has 0 fully saturated rings. The fraction of sp³-hybridized carbons (Fsp3) is 0.700. The van der Waals surface area contributed by atoms with Crippen molar-refractivity contribution >= 4 is 5.82 Å². The number of nitrogens with one attached hydrogen (secondary N) is 3. The van der Waals surface area contributed by atoms with Crippen molar-refractivity contribution in [3.8, 4) is 0 Å². The van der Waals surface area contributed by atoms with Crippen LogP contribution in [0, 0.1) is 0 Å². The molecule has 0 aliphatic heterocycles. The van der Waals surface area contributed by atoms with E-state index in [4.69, 9.17) is 0 Å². The van der Waals surface area contributed by atoms with E-state index in [-0.39, 0.29) is 5.82 Å². The zero-order valence-corrected chi connectivity index (χ0v) is 10.2. The Hall–Kier alpha value is -1.63. The molecular formula is C10H19N5O2. The minimum absolute atomic E-state index is 0.157. The summed E-state index contributed by atoms with van der Waals surface area (Å²) in [5.41, 5.74) is -1.08. The molecular weight excluding hydrogens is 222 g/mol. The molecule has 0 aromatic carbocycles. The lowest BCUT2D eigenvalue weighted by Gasteiger charge is -2.17. The average Bonchev–Trinajstić information content (AvgIpc) is 2.32. The number of rotatable bonds is 7. The van der Waals surface area contributed by atoms with E-state index in [0.29, 0.717) is 6.54 Å². The van der Waals surface area contributed by atoms with Crippen LogP contribution in [-0.2, 0) is 0 Å². The molecule has 0 spiro atoms. The molecule has 0 saturated heterocycles. The van der Waals surface area contributed by atoms with Crippen molar-refractivity contribution < 1.29 is 0 Å². The summed E-state index contributed by atoms with van der Waals surface area (Å²) in [4.78, 5) is 26.4. The van der Waals surface area contributed by atoms with Crippen LogP contribution in [0.15, 0.2) is 9.59 Å². The lowest BCUT2D eigenvalue weighted by molar-refractivity contribution is 0.303. The van der Waals surface area contributed by atoms with E-state index in [1.165, 1.54) is 0 Å². The Labute approximate surface area is 99.2 Å². The summed E-state index contributed by atoms with van der Waals surface area (Å²) in [6.07, 6.45) is 0.919. The molecule has 7 nitrogen and oxygen atoms in total. The third kappa shape index (κ3) is 4.39. The van der Waals surface area contributed by atoms with Crippen molar-refractivity contribution in [3.63, 3.8) is 0 Å². The predicted molar refractivity (Wildman–Crippen MR) is 66.4 cm³/mol. The van der Waals surface area contributed by atoms with E-state index in [0.717, 1.165) is 26.1 Å². The number of hydrogen-bond donors (Lipinski definition) is 3. The van der Waals surface area contributed by atoms with Crippen LogP contribution in [0.4, 0.5) is 5.82 Å². The van der Waals surface area contributed by atoms with Crippen LogP contribution in [-0.4, -0.2) is 46.3 Å². The van der Waals surface area contributed by atoms with Gasteiger partial charge in [-0.15, -0.1) is 5.10 Å². The Morgan fingerprint density at radius 3 is 2.59 bits per heavy atom. The molecule has 0 saturated carbocycles. The quantitative estimate of drug-likeness (QED) is 0.565. The van der Waals surface area contributed by atoms with Gasteiger partial charge in [0.15, 0.2) is 0 Å². The minimum Gasteiger partial charge on any atom is -0.364 e. The maximum absolute atomic E-state index is 11.3. The standard InChI is InChI=1S/C10H19N5O2/c1-3-15(4-2)7-5-6-11-8-9(16)12-10(17)14-13-8/h3-7H2,1-2H3,(H,11,13)(H2,12,14,16,17). The Morgan fingerprint density at radius 2 is 2.00 bits per heavy atom. The Balaban J connectivity index is 2.36. The van der Waals surface area contributed by atoms with Gasteiger partial charge < -0.3 is 10.2 Å². The summed E-state index contributed by atoms with van der Waals surface area (Å²) in [5, 5.41) is 8.70. The van der Waals surface area contributed by atoms with Crippen LogP contribution >= 0.6 is 0 Å². The Morgan fingerprint density at radius 1 is 1.29 bits per heavy atom. The van der Waals surface area contributed by atoms with Crippen molar-refractivity contribution in [2.24, 2.45) is 0 Å². The van der Waals surface area contributed by atoms with Gasteiger partial charge in [-0.2, -0.15) is 0 Å². The molecule has 1 aromatic heterocycles. The molecule has 0 unspecified atom stereocenters. The van der Waals surface area contributed by atoms with Crippen molar-refractivity contribution in [2.45, 2.75) is 20.3 Å². The summed E-state index contributed by atoms with van der Waals surface area (Å²) >= 11 is 0. The molecule has 17 heavy (non-hydrogen) atoms. The molecule has 3 N–H and O–H groups in total. The van der Waals surface area contributed by atoms with E-state index in [2.05, 4.69) is 39.2 Å². The first-order chi connectivity index (χ1) is 8.17. The Kier molecular flexibility index (Phi) is 5.41. The van der Waals surface area contributed by atoms with Gasteiger partial charge in [0.25, 0.3) is 5.56 Å². The zero-order chi connectivity index (χ0) is 12.7. The molecule has 1 rings (SSSR count). The highest BCUT2D eigenvalue weighted by atomic mass is 16.2. The number of H-pyrrole nitrogens is 2. The van der Waals surface area contributed by atoms with E-state index < -0.39 is 11.2 Å². The monoisotopic (exact) mass is 241 g/mol. The normalized spacial score (nSPS) is 10.8. The van der Waals surface area contributed by atoms with E-state index in [9.17, 15) is 9.59 Å². The highest BCUT2D eigenvalue weighted by Gasteiger charge is 2.02. The predicted octanol–water partition coefficient (Wildman–Crippen LogP) is -0.398. The number of anilines is 1.